The van der Waals surface area contributed by atoms with Crippen molar-refractivity contribution in [2.75, 3.05) is 33.0 Å². The molecule has 7 aliphatic heterocycles. The van der Waals surface area contributed by atoms with Gasteiger partial charge in [-0.3, -0.25) is 19.8 Å². The molecule has 6 aromatic heterocycles. The van der Waals surface area contributed by atoms with Crippen LogP contribution in [0.2, 0.25) is 0 Å². The summed E-state index contributed by atoms with van der Waals surface area (Å²) in [5, 5.41) is 11.9. The van der Waals surface area contributed by atoms with E-state index < -0.39 is 0 Å². The third-order valence-electron chi connectivity index (χ3n) is 28.6. The van der Waals surface area contributed by atoms with Gasteiger partial charge in [-0.25, -0.2) is 54.9 Å². The van der Waals surface area contributed by atoms with Crippen molar-refractivity contribution < 1.29 is 28.4 Å². The summed E-state index contributed by atoms with van der Waals surface area (Å²) in [7, 11) is 2.01. The Morgan fingerprint density at radius 2 is 0.794 bits per heavy atom. The molecule has 24 heteroatoms. The lowest BCUT2D eigenvalue weighted by atomic mass is 9.78. The van der Waals surface area contributed by atoms with Gasteiger partial charge in [-0.05, 0) is 225 Å². The maximum absolute atomic E-state index is 6.12. The molecule has 13 heterocycles. The highest BCUT2D eigenvalue weighted by Crippen LogP contribution is 2.47. The first kappa shape index (κ1) is 87.1. The third-order valence-corrected chi connectivity index (χ3v) is 28.6. The van der Waals surface area contributed by atoms with Gasteiger partial charge in [0.05, 0.1) is 22.8 Å². The van der Waals surface area contributed by atoms with Crippen LogP contribution in [0.25, 0.3) is 66.8 Å². The standard InChI is InChI=1S/C19H23N3O.C18H20N4.C18H21N3O.C18H18N2O.C17H17N3O2.C17H17N3O/c1-12-18(13(2)22(4)21-12)16-5-6-17-10-19(8-7-15(17)9-16)11-23-14(3)20-19;19-17-5-7-18(22-17)6-1-2-13-3-4-14(8-15(13)9-18)16-10-20-12-21-11-16;1-11-17(12(2)21-20-11)15-4-5-16-9-18(7-6-14(16)8-15)10-22-13(3)19-18;1-13-20-18(12-21-13)7-4-16-10-15(2-3-17(16)11-18)14-5-8-19-9-6-14;1-11-17(20-12(2)22-11)6-13-4-3-5-15(16(13)21-9-17)14-7-18-10-19-8-14;1-12-20-17(10-21-12)5-4-14-6-13(2-3-15(14)7-17)16-8-18-11-19-9-16/h5-6,9H,7-8,10-11H2,1-4H3;3-4,8,10-12H,1-2,5-7,9H2,(H2,19,22);4-5,8H,6-7,9-10H2,1-3H3,(H,20,21);2-3,5-6,8-10H,4,7,11-12H2,1H3;3-5,7-8,10-11H,6,9H2,1-2H3;2-3,6,8-9,11H,4-5,7,10H2,1H3/t;;;;11-,17+;/m....0./s1. The fourth-order valence-electron chi connectivity index (χ4n) is 21.7. The number of nitrogens with two attached hydrogens (primary N) is 1. The van der Waals surface area contributed by atoms with E-state index in [0.717, 1.165) is 228 Å². The van der Waals surface area contributed by atoms with Gasteiger partial charge in [-0.15, -0.1) is 0 Å². The molecular formula is C107H116N18O6. The highest BCUT2D eigenvalue weighted by molar-refractivity contribution is 5.83. The summed E-state index contributed by atoms with van der Waals surface area (Å²) in [4.78, 5) is 57.2. The van der Waals surface area contributed by atoms with Crippen LogP contribution in [0.1, 0.15) is 177 Å². The number of pyridine rings is 1. The molecule has 12 aliphatic rings. The lowest BCUT2D eigenvalue weighted by Crippen LogP contribution is -2.46. The van der Waals surface area contributed by atoms with Crippen molar-refractivity contribution in [1.29, 1.82) is 0 Å². The Morgan fingerprint density at radius 3 is 1.22 bits per heavy atom. The topological polar surface area (TPSA) is 292 Å². The number of ether oxygens (including phenoxy) is 6. The van der Waals surface area contributed by atoms with Crippen molar-refractivity contribution >= 4 is 35.3 Å². The molecule has 0 amide bonds. The molecule has 6 spiro atoms. The number of rotatable bonds is 6. The Morgan fingerprint density at radius 1 is 0.359 bits per heavy atom. The monoisotopic (exact) mass is 1750 g/mol. The van der Waals surface area contributed by atoms with Crippen molar-refractivity contribution in [3.8, 4) is 72.5 Å². The molecule has 12 aromatic rings. The van der Waals surface area contributed by atoms with Gasteiger partial charge >= 0.3 is 0 Å². The lowest BCUT2D eigenvalue weighted by Gasteiger charge is -2.35. The van der Waals surface area contributed by atoms with Gasteiger partial charge in [-0.2, -0.15) is 10.2 Å². The average molecular weight is 1750 g/mol. The van der Waals surface area contributed by atoms with E-state index in [2.05, 4.69) is 194 Å². The predicted molar refractivity (Wildman–Crippen MR) is 515 cm³/mol. The number of nitrogens with zero attached hydrogens (tertiary/aromatic N) is 16. The summed E-state index contributed by atoms with van der Waals surface area (Å²) in [5.74, 6) is 5.83. The van der Waals surface area contributed by atoms with E-state index in [0.29, 0.717) is 6.61 Å². The van der Waals surface area contributed by atoms with Crippen molar-refractivity contribution in [2.45, 2.75) is 231 Å². The van der Waals surface area contributed by atoms with Crippen molar-refractivity contribution in [3.63, 3.8) is 0 Å². The second-order valence-electron chi connectivity index (χ2n) is 37.9. The molecule has 131 heavy (non-hydrogen) atoms. The van der Waals surface area contributed by atoms with E-state index in [-0.39, 0.29) is 39.3 Å². The summed E-state index contributed by atoms with van der Waals surface area (Å²) in [6.07, 6.45) is 39.3. The van der Waals surface area contributed by atoms with Crippen LogP contribution in [-0.2, 0) is 101 Å². The predicted octanol–water partition coefficient (Wildman–Crippen LogP) is 18.6. The zero-order valence-corrected chi connectivity index (χ0v) is 77.1. The number of amidine groups is 1. The normalized spacial score (nSPS) is 23.9. The van der Waals surface area contributed by atoms with Gasteiger partial charge in [0.2, 0.25) is 0 Å². The van der Waals surface area contributed by atoms with E-state index in [1.807, 2.05) is 95.7 Å². The van der Waals surface area contributed by atoms with Crippen LogP contribution in [0.15, 0.2) is 220 Å². The molecule has 24 rings (SSSR count). The molecular weight excluding hydrogens is 1630 g/mol. The lowest BCUT2D eigenvalue weighted by molar-refractivity contribution is 0.0936. The largest absolute Gasteiger partial charge is 0.490 e. The van der Waals surface area contributed by atoms with Crippen molar-refractivity contribution in [1.82, 2.24) is 54.9 Å². The first-order valence-corrected chi connectivity index (χ1v) is 46.3. The highest BCUT2D eigenvalue weighted by Gasteiger charge is 2.48. The number of aromatic amines is 1. The van der Waals surface area contributed by atoms with E-state index >= 15 is 0 Å². The Labute approximate surface area is 766 Å². The highest BCUT2D eigenvalue weighted by atomic mass is 16.5. The number of aromatic nitrogens is 11. The van der Waals surface area contributed by atoms with Gasteiger partial charge < -0.3 is 34.2 Å². The SMILES string of the molecule is CC1=NC2(CCc3cc(-c4c(C)n[nH]c4C)ccc3C2)CO1.CC1=NC2(CCc3cc(-c4c(C)nn(C)c4C)ccc3C2)CO1.CC1=NC2(CCc3cc(-c4ccncc4)ccc3C2)CO1.CC1=NC2(CCc3cc(-c4cncnc4)ccc3C2)CO1.CC1=N[C@]2(COc3c(cccc3-c3cncnc3)C2)[C@H](C)O1.NC1=NC2(CCCc3ccc(-c4cncnc4)cc3C2)CC1. The van der Waals surface area contributed by atoms with Crippen LogP contribution in [0, 0.1) is 27.7 Å². The molecule has 24 nitrogen and oxygen atoms in total. The van der Waals surface area contributed by atoms with E-state index in [1.54, 1.807) is 25.0 Å². The molecule has 6 aromatic carbocycles. The molecule has 0 saturated heterocycles. The van der Waals surface area contributed by atoms with Crippen LogP contribution in [0.3, 0.4) is 0 Å². The molecule has 5 aliphatic carbocycles. The minimum Gasteiger partial charge on any atom is -0.490 e. The summed E-state index contributed by atoms with van der Waals surface area (Å²) < 4.78 is 36.2. The van der Waals surface area contributed by atoms with E-state index in [9.17, 15) is 0 Å². The van der Waals surface area contributed by atoms with Crippen LogP contribution in [0.4, 0.5) is 0 Å². The quantitative estimate of drug-likeness (QED) is 0.156. The number of para-hydroxylation sites is 1. The Hall–Kier alpha value is -13.3. The van der Waals surface area contributed by atoms with Crippen LogP contribution < -0.4 is 10.5 Å². The minimum atomic E-state index is -0.303. The zero-order chi connectivity index (χ0) is 90.2. The molecule has 3 N–H and O–H groups in total. The fraction of sp³-hybridized carbons (Fsp3) is 0.393. The molecule has 0 radical (unpaired) electrons. The summed E-state index contributed by atoms with van der Waals surface area (Å²) >= 11 is 0. The second kappa shape index (κ2) is 36.2. The molecule has 7 atom stereocenters. The maximum atomic E-state index is 6.12. The van der Waals surface area contributed by atoms with Gasteiger partial charge in [0.1, 0.15) is 91.6 Å². The molecule has 670 valence electrons. The van der Waals surface area contributed by atoms with Crippen molar-refractivity contribution in [2.24, 2.45) is 42.7 Å². The van der Waals surface area contributed by atoms with Crippen LogP contribution in [-0.4, -0.2) is 163 Å². The Balaban J connectivity index is 0.000000102. The first-order chi connectivity index (χ1) is 63.4. The Bertz CT molecular complexity index is 6340. The number of hydrogen-bond acceptors (Lipinski definition) is 22. The fourth-order valence-corrected chi connectivity index (χ4v) is 21.7. The van der Waals surface area contributed by atoms with Crippen molar-refractivity contribution in [3.05, 3.63) is 274 Å². The van der Waals surface area contributed by atoms with Gasteiger partial charge in [0.15, 0.2) is 29.5 Å². The summed E-state index contributed by atoms with van der Waals surface area (Å²) in [5.41, 5.74) is 39.7. The van der Waals surface area contributed by atoms with E-state index in [4.69, 9.17) is 64.1 Å². The summed E-state index contributed by atoms with van der Waals surface area (Å²) in [6, 6.07) is 44.2. The smallest absolute Gasteiger partial charge is 0.181 e. The molecule has 0 bridgehead atoms. The Kier molecular flexibility index (Phi) is 24.1. The molecule has 5 unspecified atom stereocenters. The second-order valence-corrected chi connectivity index (χ2v) is 37.9. The number of nitrogens with one attached hydrogen (secondary N) is 1. The minimum absolute atomic E-state index is 0.00470. The maximum Gasteiger partial charge on any atom is 0.181 e. The third kappa shape index (κ3) is 18.6. The number of benzene rings is 6. The average Bonchev–Trinajstić information content (AvgIpc) is 1.69. The van der Waals surface area contributed by atoms with Gasteiger partial charge in [0.25, 0.3) is 0 Å². The molecule has 0 saturated carbocycles. The number of hydrogen-bond donors (Lipinski definition) is 2. The van der Waals surface area contributed by atoms with Crippen LogP contribution >= 0.6 is 0 Å². The number of aliphatic imine (C=N–C) groups is 6. The number of H-pyrrole nitrogens is 1. The van der Waals surface area contributed by atoms with Gasteiger partial charge in [-0.1, -0.05) is 109 Å². The first-order valence-electron chi connectivity index (χ1n) is 46.3. The summed E-state index contributed by atoms with van der Waals surface area (Å²) in [6.45, 7) is 23.6. The molecule has 0 fully saturated rings. The number of fused-ring (bicyclic) bond motifs is 6. The van der Waals surface area contributed by atoms with E-state index in [1.165, 1.54) is 119 Å². The zero-order valence-electron chi connectivity index (χ0n) is 77.1. The number of aryl methyl sites for hydroxylation is 9. The van der Waals surface area contributed by atoms with Gasteiger partial charge in [0, 0.05) is 175 Å². The van der Waals surface area contributed by atoms with Crippen LogP contribution in [0.5, 0.6) is 5.75 Å².